The monoisotopic (exact) mass is 2020 g/mol. The molecule has 46 nitrogen and oxygen atoms in total. The Bertz CT molecular complexity index is 5160. The fraction of sp³-hybridized carbons (Fsp3) is 0.639. The fourth-order valence-electron chi connectivity index (χ4n) is 16.7. The Kier molecular flexibility index (Phi) is 32.7. The van der Waals surface area contributed by atoms with Gasteiger partial charge in [0.05, 0.1) is 18.8 Å². The second kappa shape index (κ2) is 43.5. The lowest BCUT2D eigenvalue weighted by atomic mass is 9.91. The van der Waals surface area contributed by atoms with Crippen LogP contribution in [0.1, 0.15) is 145 Å². The van der Waals surface area contributed by atoms with E-state index in [2.05, 4.69) is 5.32 Å². The highest BCUT2D eigenvalue weighted by Gasteiger charge is 2.65. The van der Waals surface area contributed by atoms with Crippen LogP contribution in [-0.2, 0) is 186 Å². The number of carbonyl (C=O) groups is 11. The third-order valence-corrected chi connectivity index (χ3v) is 24.5. The second-order valence-electron chi connectivity index (χ2n) is 40.2. The van der Waals surface area contributed by atoms with Gasteiger partial charge in [-0.25, -0.2) is 28.8 Å². The van der Waals surface area contributed by atoms with Gasteiger partial charge < -0.3 is 167 Å². The zero-order valence-electron chi connectivity index (χ0n) is 82.3. The van der Waals surface area contributed by atoms with Gasteiger partial charge in [-0.3, -0.25) is 24.0 Å². The first-order chi connectivity index (χ1) is 67.3. The van der Waals surface area contributed by atoms with Gasteiger partial charge in [0.2, 0.25) is 12.2 Å². The molecule has 0 bridgehead atoms. The summed E-state index contributed by atoms with van der Waals surface area (Å²) in [6, 6.07) is 28.6. The molecule has 3 N–H and O–H groups in total. The summed E-state index contributed by atoms with van der Waals surface area (Å²) in [5, 5.41) is 21.3. The smallest absolute Gasteiger partial charge is 0.504 e. The van der Waals surface area contributed by atoms with Gasteiger partial charge in [0.25, 0.3) is 0 Å². The fourth-order valence-corrected chi connectivity index (χ4v) is 16.7. The number of phenols is 2. The number of rotatable bonds is 24. The number of hydrogen-bond donors (Lipinski definition) is 3. The molecule has 4 aromatic carbocycles. The van der Waals surface area contributed by atoms with E-state index in [4.69, 9.17) is 152 Å². The molecule has 14 heterocycles. The summed E-state index contributed by atoms with van der Waals surface area (Å²) >= 11 is 0. The van der Waals surface area contributed by atoms with Crippen LogP contribution in [0.4, 0.5) is 24.0 Å². The highest BCUT2D eigenvalue weighted by molar-refractivity contribution is 5.90. The molecule has 18 rings (SSSR count). The molecule has 14 fully saturated rings. The van der Waals surface area contributed by atoms with E-state index >= 15 is 0 Å². The van der Waals surface area contributed by atoms with E-state index in [0.717, 1.165) is 16.7 Å². The van der Waals surface area contributed by atoms with Crippen molar-refractivity contribution in [1.82, 2.24) is 5.32 Å². The SMILES string of the molecule is CC1(C(=O)NCCc2ccc(O)c(O)c2)COC(=O)OC1.CC1(C(=O)OCCOC(=O)c2ccc(OCc3ccccc3)c(OCc3ccccc3)c2)COC(=O)OC1.CC1(C)OC2OC(COC(=O)C3(C)COC(=O)OC3)C3OC(C)(C)OC3C2O1.CC1(C)OCC([C@H]2OC(OC(=O)C3(C)COC(=O)OC3)[C@H]3OC(C)(C)O[C@@H]23)O1.CC1(C)OCC([C@H]2O[C@@H]3OC(C)(C)O[C@@H]3[C@H]2OC(=O)C2(C)COC(=O)OC2)O1. The van der Waals surface area contributed by atoms with Gasteiger partial charge >= 0.3 is 60.6 Å². The third-order valence-electron chi connectivity index (χ3n) is 24.5. The van der Waals surface area contributed by atoms with E-state index in [9.17, 15) is 63.0 Å². The van der Waals surface area contributed by atoms with Crippen molar-refractivity contribution in [1.29, 1.82) is 0 Å². The zero-order valence-corrected chi connectivity index (χ0v) is 82.3. The normalized spacial score (nSPS) is 29.9. The maximum absolute atomic E-state index is 12.9. The molecular weight excluding hydrogens is 1900 g/mol. The zero-order chi connectivity index (χ0) is 103. The summed E-state index contributed by atoms with van der Waals surface area (Å²) in [6.07, 6.45) is -12.3. The number of cyclic esters (lactones) is 10. The molecule has 0 saturated carbocycles. The predicted molar refractivity (Wildman–Crippen MR) is 473 cm³/mol. The van der Waals surface area contributed by atoms with Crippen LogP contribution in [0.25, 0.3) is 0 Å². The van der Waals surface area contributed by atoms with Gasteiger partial charge in [-0.05, 0) is 171 Å². The van der Waals surface area contributed by atoms with Crippen LogP contribution in [0, 0.1) is 27.1 Å². The number of nitrogens with one attached hydrogen (secondary N) is 1. The number of amides is 1. The molecule has 0 aliphatic carbocycles. The maximum Gasteiger partial charge on any atom is 0.508 e. The molecule has 8 unspecified atom stereocenters. The molecule has 14 aliphatic heterocycles. The minimum absolute atomic E-state index is 0.0162. The number of phenolic OH excluding ortho intramolecular Hbond substituents is 2. The highest BCUT2D eigenvalue weighted by Crippen LogP contribution is 2.49. The number of hydrogen-bond acceptors (Lipinski definition) is 45. The molecular formula is C97H123NO45. The van der Waals surface area contributed by atoms with Gasteiger partial charge in [0.1, 0.15) is 181 Å². The van der Waals surface area contributed by atoms with E-state index < -0.39 is 215 Å². The Morgan fingerprint density at radius 3 is 1.26 bits per heavy atom. The van der Waals surface area contributed by atoms with Crippen molar-refractivity contribution in [3.05, 3.63) is 119 Å². The molecule has 4 aromatic rings. The lowest BCUT2D eigenvalue weighted by molar-refractivity contribution is -0.249. The summed E-state index contributed by atoms with van der Waals surface area (Å²) in [5.74, 6) is -7.60. The Balaban J connectivity index is 0.000000143. The van der Waals surface area contributed by atoms with Gasteiger partial charge in [-0.2, -0.15) is 0 Å². The van der Waals surface area contributed by atoms with Crippen LogP contribution in [0.5, 0.6) is 23.0 Å². The van der Waals surface area contributed by atoms with Crippen LogP contribution in [0.15, 0.2) is 97.1 Å². The lowest BCUT2D eigenvalue weighted by Gasteiger charge is -2.37. The molecule has 0 spiro atoms. The minimum atomic E-state index is -1.13. The van der Waals surface area contributed by atoms with E-state index in [1.165, 1.54) is 12.1 Å². The Morgan fingerprint density at radius 1 is 0.357 bits per heavy atom. The van der Waals surface area contributed by atoms with Crippen molar-refractivity contribution in [2.75, 3.05) is 106 Å². The molecule has 143 heavy (non-hydrogen) atoms. The maximum atomic E-state index is 12.9. The molecule has 14 aliphatic rings. The Labute approximate surface area is 822 Å². The number of ether oxygens (including phenoxy) is 32. The molecule has 46 heteroatoms. The average molecular weight is 2020 g/mol. The molecule has 1 amide bonds. The van der Waals surface area contributed by atoms with Crippen molar-refractivity contribution in [2.24, 2.45) is 27.1 Å². The van der Waals surface area contributed by atoms with Crippen molar-refractivity contribution in [2.45, 2.75) is 264 Å². The summed E-state index contributed by atoms with van der Waals surface area (Å²) in [5.41, 5.74) is -2.36. The minimum Gasteiger partial charge on any atom is -0.504 e. The quantitative estimate of drug-likeness (QED) is 0.0255. The number of carbonyl (C=O) groups excluding carboxylic acids is 11. The summed E-state index contributed by atoms with van der Waals surface area (Å²) in [4.78, 5) is 130. The van der Waals surface area contributed by atoms with Crippen LogP contribution in [0.3, 0.4) is 0 Å². The summed E-state index contributed by atoms with van der Waals surface area (Å²) < 4.78 is 176. The Morgan fingerprint density at radius 2 is 0.769 bits per heavy atom. The Hall–Kier alpha value is -11.3. The molecule has 786 valence electrons. The van der Waals surface area contributed by atoms with E-state index in [0.29, 0.717) is 37.7 Å². The number of benzene rings is 4. The summed E-state index contributed by atoms with van der Waals surface area (Å²) in [7, 11) is 0. The van der Waals surface area contributed by atoms with E-state index in [1.807, 2.05) is 74.5 Å². The van der Waals surface area contributed by atoms with Crippen molar-refractivity contribution in [3.8, 4) is 23.0 Å². The van der Waals surface area contributed by atoms with Gasteiger partial charge in [0, 0.05) is 6.54 Å². The van der Waals surface area contributed by atoms with Gasteiger partial charge in [-0.1, -0.05) is 66.7 Å². The second-order valence-corrected chi connectivity index (χ2v) is 40.2. The first-order valence-corrected chi connectivity index (χ1v) is 46.5. The van der Waals surface area contributed by atoms with Crippen LogP contribution in [0.2, 0.25) is 0 Å². The largest absolute Gasteiger partial charge is 0.508 e. The molecule has 0 radical (unpaired) electrons. The first kappa shape index (κ1) is 107. The third kappa shape index (κ3) is 27.1. The number of aromatic hydroxyl groups is 2. The molecule has 14 saturated heterocycles. The van der Waals surface area contributed by atoms with Crippen LogP contribution in [-0.4, -0.2) is 309 Å². The van der Waals surface area contributed by atoms with Crippen LogP contribution < -0.4 is 14.8 Å². The van der Waals surface area contributed by atoms with Gasteiger partial charge in [0.15, 0.2) is 88.6 Å². The summed E-state index contributed by atoms with van der Waals surface area (Å²) in [6.45, 7) is 29.7. The lowest BCUT2D eigenvalue weighted by Crippen LogP contribution is -2.56. The average Bonchev–Trinajstić information content (AvgIpc) is 1.60. The van der Waals surface area contributed by atoms with Crippen molar-refractivity contribution >= 4 is 66.5 Å². The molecule has 15 atom stereocenters. The predicted octanol–water partition coefficient (Wildman–Crippen LogP) is 8.94. The van der Waals surface area contributed by atoms with Crippen molar-refractivity contribution < 1.29 is 215 Å². The topological polar surface area (TPSA) is 536 Å². The highest BCUT2D eigenvalue weighted by atomic mass is 16.9. The molecule has 0 aromatic heterocycles. The van der Waals surface area contributed by atoms with E-state index in [-0.39, 0.29) is 122 Å². The first-order valence-electron chi connectivity index (χ1n) is 46.5. The van der Waals surface area contributed by atoms with Gasteiger partial charge in [-0.15, -0.1) is 0 Å². The number of fused-ring (bicyclic) bond motifs is 5. The van der Waals surface area contributed by atoms with Crippen molar-refractivity contribution in [3.63, 3.8) is 0 Å². The van der Waals surface area contributed by atoms with Crippen LogP contribution >= 0.6 is 0 Å². The standard InChI is InChI=1S/C29H28O9.3C18H26O10.C14H17NO6/c1-29(19-37-28(32)38-20-29)27(31)34-15-14-33-26(30)23-12-13-24(35-17-21-8-4-2-5-9-21)25(16-23)36-18-22-10-6-3-7-11-22;1-16(2)23-6-9(26-16)10-11-12(28-17(3,4)27-11)13(24-10)25-14(19)18(5)7-21-15(20)22-8-18;1-16(2)23-6-9(26-16)10-11(12-13(24-10)28-17(3,4)27-12)25-14(19)18(5)7-21-15(20)22-8-18;1-16(2)25-10-9(6-21-14(19)18(5)7-22-15(20)23-8-18)24-13-12(11(10)26-16)27-17(3,4)28-13;1-14(7-20-13(19)21-8-14)12(18)15-5-4-9-2-3-10(16)11(17)6-9/h2-13,16H,14-15,17-20H2,1H3;3*9-13H,6-8H2,1-5H3;2-3,6,16-17H,4-5,7-8H2,1H3,(H,15,18)/t;9?,10-,11+,12+,13?;9?,10-,11+,12-,13-;;/m.11../s1. The van der Waals surface area contributed by atoms with E-state index in [1.54, 1.807) is 128 Å². The number of esters is 5.